The van der Waals surface area contributed by atoms with Gasteiger partial charge in [0.1, 0.15) is 0 Å². The van der Waals surface area contributed by atoms with Gasteiger partial charge in [-0.3, -0.25) is 4.79 Å². The summed E-state index contributed by atoms with van der Waals surface area (Å²) in [6.07, 6.45) is 0.353. The van der Waals surface area contributed by atoms with Gasteiger partial charge in [0.15, 0.2) is 0 Å². The third-order valence-electron chi connectivity index (χ3n) is 2.69. The molecular weight excluding hydrogens is 244 g/mol. The Bertz CT molecular complexity index is 383. The van der Waals surface area contributed by atoms with Gasteiger partial charge >= 0.3 is 0 Å². The molecule has 0 saturated heterocycles. The van der Waals surface area contributed by atoms with Crippen LogP contribution in [0.3, 0.4) is 0 Å². The minimum Gasteiger partial charge on any atom is -0.382 e. The summed E-state index contributed by atoms with van der Waals surface area (Å²) in [7, 11) is 1.63. The van der Waals surface area contributed by atoms with E-state index in [9.17, 15) is 4.79 Å². The Morgan fingerprint density at radius 3 is 2.63 bits per heavy atom. The van der Waals surface area contributed by atoms with Crippen LogP contribution in [0.2, 0.25) is 0 Å². The molecule has 0 aliphatic rings. The average molecular weight is 266 g/mol. The Morgan fingerprint density at radius 2 is 1.95 bits per heavy atom. The number of hydrogen-bond acceptors (Lipinski definition) is 4. The van der Waals surface area contributed by atoms with Crippen molar-refractivity contribution < 1.29 is 14.3 Å². The van der Waals surface area contributed by atoms with Gasteiger partial charge in [-0.2, -0.15) is 0 Å². The van der Waals surface area contributed by atoms with Gasteiger partial charge in [0, 0.05) is 20.2 Å². The van der Waals surface area contributed by atoms with Crippen LogP contribution < -0.4 is 11.1 Å². The molecular formula is C14H22N2O3. The third kappa shape index (κ3) is 6.33. The largest absolute Gasteiger partial charge is 0.382 e. The number of ether oxygens (including phenoxy) is 2. The van der Waals surface area contributed by atoms with E-state index in [-0.39, 0.29) is 5.91 Å². The lowest BCUT2D eigenvalue weighted by Crippen LogP contribution is -2.29. The van der Waals surface area contributed by atoms with E-state index in [1.807, 2.05) is 24.3 Å². The highest BCUT2D eigenvalue weighted by atomic mass is 16.5. The lowest BCUT2D eigenvalue weighted by molar-refractivity contribution is -0.120. The number of rotatable bonds is 9. The molecule has 1 aromatic carbocycles. The van der Waals surface area contributed by atoms with Crippen LogP contribution in [0.25, 0.3) is 0 Å². The molecule has 0 radical (unpaired) electrons. The van der Waals surface area contributed by atoms with Crippen molar-refractivity contribution in [1.82, 2.24) is 5.32 Å². The van der Waals surface area contributed by atoms with Crippen LogP contribution in [0.4, 0.5) is 0 Å². The minimum atomic E-state index is -0.0174. The second-order valence-corrected chi connectivity index (χ2v) is 4.10. The van der Waals surface area contributed by atoms with E-state index in [1.165, 1.54) is 0 Å². The Morgan fingerprint density at radius 1 is 1.21 bits per heavy atom. The smallest absolute Gasteiger partial charge is 0.224 e. The lowest BCUT2D eigenvalue weighted by atomic mass is 10.0. The van der Waals surface area contributed by atoms with Crippen molar-refractivity contribution >= 4 is 5.91 Å². The van der Waals surface area contributed by atoms with Crippen molar-refractivity contribution in [2.75, 3.05) is 33.5 Å². The number of amides is 1. The van der Waals surface area contributed by atoms with Gasteiger partial charge in [-0.15, -0.1) is 0 Å². The summed E-state index contributed by atoms with van der Waals surface area (Å²) < 4.78 is 10.1. The fraction of sp³-hybridized carbons (Fsp3) is 0.500. The van der Waals surface area contributed by atoms with Crippen LogP contribution >= 0.6 is 0 Å². The van der Waals surface area contributed by atoms with E-state index in [0.717, 1.165) is 11.1 Å². The number of nitrogens with two attached hydrogens (primary N) is 1. The molecule has 0 fully saturated rings. The zero-order valence-electron chi connectivity index (χ0n) is 11.4. The molecule has 1 aromatic rings. The fourth-order valence-electron chi connectivity index (χ4n) is 1.67. The molecule has 0 aliphatic heterocycles. The number of methoxy groups -OCH3 is 1. The maximum atomic E-state index is 11.7. The molecule has 5 heteroatoms. The van der Waals surface area contributed by atoms with Crippen molar-refractivity contribution in [2.45, 2.75) is 13.0 Å². The van der Waals surface area contributed by atoms with Crippen LogP contribution in [0, 0.1) is 0 Å². The van der Waals surface area contributed by atoms with Crippen LogP contribution in [0.1, 0.15) is 11.1 Å². The summed E-state index contributed by atoms with van der Waals surface area (Å²) in [4.78, 5) is 11.7. The Hall–Kier alpha value is -1.43. The molecule has 0 saturated carbocycles. The maximum Gasteiger partial charge on any atom is 0.224 e. The average Bonchev–Trinajstić information content (AvgIpc) is 2.43. The minimum absolute atomic E-state index is 0.0174. The highest BCUT2D eigenvalue weighted by Gasteiger charge is 2.06. The second-order valence-electron chi connectivity index (χ2n) is 4.10. The van der Waals surface area contributed by atoms with E-state index in [1.54, 1.807) is 7.11 Å². The first-order valence-corrected chi connectivity index (χ1v) is 6.38. The topological polar surface area (TPSA) is 73.6 Å². The van der Waals surface area contributed by atoms with Gasteiger partial charge < -0.3 is 20.5 Å². The van der Waals surface area contributed by atoms with Gasteiger partial charge in [-0.25, -0.2) is 0 Å². The van der Waals surface area contributed by atoms with Crippen molar-refractivity contribution in [3.63, 3.8) is 0 Å². The Kier molecular flexibility index (Phi) is 7.81. The molecule has 0 aromatic heterocycles. The van der Waals surface area contributed by atoms with Crippen molar-refractivity contribution in [2.24, 2.45) is 5.73 Å². The summed E-state index contributed by atoms with van der Waals surface area (Å²) in [5.41, 5.74) is 7.61. The number of benzene rings is 1. The summed E-state index contributed by atoms with van der Waals surface area (Å²) in [5.74, 6) is -0.0174. The summed E-state index contributed by atoms with van der Waals surface area (Å²) in [6, 6.07) is 7.70. The van der Waals surface area contributed by atoms with Crippen molar-refractivity contribution in [3.8, 4) is 0 Å². The van der Waals surface area contributed by atoms with Crippen LogP contribution in [0.15, 0.2) is 24.3 Å². The zero-order chi connectivity index (χ0) is 13.9. The standard InChI is InChI=1S/C14H22N2O3/c1-18-8-9-19-7-6-16-14(17)10-12-4-2-3-5-13(12)11-15/h2-5H,6-11,15H2,1H3,(H,16,17). The third-order valence-corrected chi connectivity index (χ3v) is 2.69. The number of carbonyl (C=O) groups is 1. The normalized spacial score (nSPS) is 10.4. The highest BCUT2D eigenvalue weighted by molar-refractivity contribution is 5.78. The first-order valence-electron chi connectivity index (χ1n) is 6.38. The van der Waals surface area contributed by atoms with Crippen LogP contribution in [-0.2, 0) is 27.2 Å². The maximum absolute atomic E-state index is 11.7. The van der Waals surface area contributed by atoms with E-state index in [2.05, 4.69) is 5.32 Å². The molecule has 3 N–H and O–H groups in total. The summed E-state index contributed by atoms with van der Waals surface area (Å²) in [6.45, 7) is 2.56. The fourth-order valence-corrected chi connectivity index (χ4v) is 1.67. The number of hydrogen-bond donors (Lipinski definition) is 2. The molecule has 1 amide bonds. The zero-order valence-corrected chi connectivity index (χ0v) is 11.4. The molecule has 0 heterocycles. The molecule has 1 rings (SSSR count). The number of nitrogens with one attached hydrogen (secondary N) is 1. The van der Waals surface area contributed by atoms with Crippen molar-refractivity contribution in [3.05, 3.63) is 35.4 Å². The van der Waals surface area contributed by atoms with Crippen molar-refractivity contribution in [1.29, 1.82) is 0 Å². The molecule has 0 spiro atoms. The second kappa shape index (κ2) is 9.49. The predicted octanol–water partition coefficient (Wildman–Crippen LogP) is 0.467. The quantitative estimate of drug-likeness (QED) is 0.637. The van der Waals surface area contributed by atoms with Gasteiger partial charge in [0.2, 0.25) is 5.91 Å². The van der Waals surface area contributed by atoms with Gasteiger partial charge in [0.25, 0.3) is 0 Å². The molecule has 0 aliphatic carbocycles. The molecule has 0 bridgehead atoms. The van der Waals surface area contributed by atoms with Gasteiger partial charge in [-0.1, -0.05) is 24.3 Å². The molecule has 0 unspecified atom stereocenters. The van der Waals surface area contributed by atoms with E-state index < -0.39 is 0 Å². The predicted molar refractivity (Wildman–Crippen MR) is 73.7 cm³/mol. The van der Waals surface area contributed by atoms with Crippen LogP contribution in [-0.4, -0.2) is 39.4 Å². The van der Waals surface area contributed by atoms with Gasteiger partial charge in [0.05, 0.1) is 26.2 Å². The highest BCUT2D eigenvalue weighted by Crippen LogP contribution is 2.08. The van der Waals surface area contributed by atoms with Crippen LogP contribution in [0.5, 0.6) is 0 Å². The SMILES string of the molecule is COCCOCCNC(=O)Cc1ccccc1CN. The van der Waals surface area contributed by atoms with Gasteiger partial charge in [-0.05, 0) is 11.1 Å². The first-order chi connectivity index (χ1) is 9.27. The molecule has 106 valence electrons. The lowest BCUT2D eigenvalue weighted by Gasteiger charge is -2.09. The Balaban J connectivity index is 2.23. The summed E-state index contributed by atoms with van der Waals surface area (Å²) in [5, 5.41) is 2.81. The monoisotopic (exact) mass is 266 g/mol. The van der Waals surface area contributed by atoms with E-state index >= 15 is 0 Å². The molecule has 5 nitrogen and oxygen atoms in total. The van der Waals surface area contributed by atoms with E-state index in [0.29, 0.717) is 39.3 Å². The van der Waals surface area contributed by atoms with E-state index in [4.69, 9.17) is 15.2 Å². The summed E-state index contributed by atoms with van der Waals surface area (Å²) >= 11 is 0. The molecule has 0 atom stereocenters. The first kappa shape index (κ1) is 15.6. The number of carbonyl (C=O) groups excluding carboxylic acids is 1. The molecule has 19 heavy (non-hydrogen) atoms. The Labute approximate surface area is 114 Å².